The highest BCUT2D eigenvalue weighted by atomic mass is 35.6. The minimum atomic E-state index is -2.67. The van der Waals surface area contributed by atoms with E-state index in [1.54, 1.807) is 54.6 Å². The first-order valence-corrected chi connectivity index (χ1v) is 20.9. The summed E-state index contributed by atoms with van der Waals surface area (Å²) in [6.45, 7) is 5.26. The van der Waals surface area contributed by atoms with Gasteiger partial charge in [-0.05, 0) is 36.4 Å². The number of nitrogens with one attached hydrogen (secondary N) is 1. The number of ether oxygens (including phenoxy) is 10. The van der Waals surface area contributed by atoms with Crippen LogP contribution in [0.1, 0.15) is 51.8 Å². The van der Waals surface area contributed by atoms with E-state index in [-0.39, 0.29) is 23.3 Å². The molecule has 5 rings (SSSR count). The Morgan fingerprint density at radius 1 is 0.585 bits per heavy atom. The Morgan fingerprint density at radius 2 is 1.03 bits per heavy atom. The molecule has 2 fully saturated rings. The second-order valence-electron chi connectivity index (χ2n) is 14.2. The van der Waals surface area contributed by atoms with E-state index in [4.69, 9.17) is 82.2 Å². The number of benzene rings is 3. The third-order valence-corrected chi connectivity index (χ3v) is 9.93. The van der Waals surface area contributed by atoms with Crippen LogP contribution in [0.2, 0.25) is 0 Å². The van der Waals surface area contributed by atoms with E-state index < -0.39 is 120 Å². The lowest BCUT2D eigenvalue weighted by molar-refractivity contribution is -0.345. The maximum atomic E-state index is 14.0. The zero-order valence-electron chi connectivity index (χ0n) is 34.9. The highest BCUT2D eigenvalue weighted by Gasteiger charge is 2.58. The molecular formula is C44H44Cl3NO17. The molecule has 0 bridgehead atoms. The van der Waals surface area contributed by atoms with Crippen LogP contribution in [0, 0.1) is 0 Å². The number of alkyl halides is 3. The van der Waals surface area contributed by atoms with Crippen molar-refractivity contribution in [2.24, 2.45) is 0 Å². The molecule has 0 aliphatic carbocycles. The Kier molecular flexibility index (Phi) is 18.3. The van der Waals surface area contributed by atoms with Gasteiger partial charge in [0.1, 0.15) is 37.6 Å². The number of esters is 6. The SMILES string of the molecule is C=CCO[C@@H]1O[C@H](COC(=O)c2ccccc2)[C@H](OC(=O)c2ccccc2)[C@H](O[C@@H]2O[C@H](COC(C)=O)[C@@H](OC(C)=O)[C@H](OC(C)=O)[C@H]2NC(=O)C(Cl)(Cl)Cl)[C@H]1OC(=O)c1ccccc1. The van der Waals surface area contributed by atoms with Crippen molar-refractivity contribution in [1.82, 2.24) is 5.32 Å². The molecule has 21 heteroatoms. The number of carbonyl (C=O) groups excluding carboxylic acids is 7. The zero-order chi connectivity index (χ0) is 47.3. The van der Waals surface area contributed by atoms with E-state index in [0.29, 0.717) is 0 Å². The van der Waals surface area contributed by atoms with Gasteiger partial charge in [0.05, 0.1) is 23.3 Å². The summed E-state index contributed by atoms with van der Waals surface area (Å²) in [5.74, 6) is -6.73. The van der Waals surface area contributed by atoms with Gasteiger partial charge in [-0.25, -0.2) is 14.4 Å². The van der Waals surface area contributed by atoms with E-state index in [1.807, 2.05) is 0 Å². The number of amides is 1. The minimum Gasteiger partial charge on any atom is -0.463 e. The van der Waals surface area contributed by atoms with E-state index in [9.17, 15) is 33.6 Å². The van der Waals surface area contributed by atoms with Gasteiger partial charge < -0.3 is 52.7 Å². The molecule has 65 heavy (non-hydrogen) atoms. The fourth-order valence-corrected chi connectivity index (χ4v) is 6.80. The molecule has 2 aliphatic rings. The summed E-state index contributed by atoms with van der Waals surface area (Å²) in [6.07, 6.45) is -14.0. The Bertz CT molecular complexity index is 2140. The lowest BCUT2D eigenvalue weighted by Gasteiger charge is -2.49. The van der Waals surface area contributed by atoms with E-state index in [2.05, 4.69) is 11.9 Å². The van der Waals surface area contributed by atoms with Crippen molar-refractivity contribution in [3.8, 4) is 0 Å². The molecule has 10 atom stereocenters. The molecule has 1 amide bonds. The van der Waals surface area contributed by atoms with Gasteiger partial charge in [-0.3, -0.25) is 19.2 Å². The van der Waals surface area contributed by atoms with Crippen LogP contribution in [-0.4, -0.2) is 127 Å². The summed E-state index contributed by atoms with van der Waals surface area (Å²) in [4.78, 5) is 92.1. The van der Waals surface area contributed by atoms with Crippen molar-refractivity contribution in [2.75, 3.05) is 19.8 Å². The van der Waals surface area contributed by atoms with Gasteiger partial charge in [-0.15, -0.1) is 6.58 Å². The fourth-order valence-electron chi connectivity index (χ4n) is 6.64. The lowest BCUT2D eigenvalue weighted by Crippen LogP contribution is -2.70. The number of hydrogen-bond donors (Lipinski definition) is 1. The Balaban J connectivity index is 1.70. The molecule has 0 saturated carbocycles. The number of halogens is 3. The Morgan fingerprint density at radius 3 is 1.51 bits per heavy atom. The Labute approximate surface area is 387 Å². The molecule has 3 aromatic rings. The van der Waals surface area contributed by atoms with E-state index in [1.165, 1.54) is 42.5 Å². The number of carbonyl (C=O) groups is 7. The molecule has 0 unspecified atom stereocenters. The van der Waals surface area contributed by atoms with Crippen LogP contribution in [-0.2, 0) is 66.5 Å². The standard InChI is InChI=1S/C44H44Cl3NO17/c1-5-21-56-42-37(64-40(54)29-19-13-8-14-20-29)36(34(63-39(53)28-17-11-7-12-18-28)31(62-42)23-58-38(52)27-15-9-6-10-16-27)65-41-32(48-43(55)44(45,46)47)35(60-26(4)51)33(59-25(3)50)30(61-41)22-57-24(2)49/h5-20,30-37,41-42H,1,21-23H2,2-4H3,(H,48,55)/t30-,31-,32-,33-,34+,35-,36+,37-,41+,42-/m1/s1. The first-order valence-electron chi connectivity index (χ1n) is 19.7. The first kappa shape index (κ1) is 50.4. The van der Waals surface area contributed by atoms with Crippen LogP contribution >= 0.6 is 34.8 Å². The summed E-state index contributed by atoms with van der Waals surface area (Å²) < 4.78 is 56.9. The minimum absolute atomic E-state index is 0.0384. The molecule has 18 nitrogen and oxygen atoms in total. The summed E-state index contributed by atoms with van der Waals surface area (Å²) in [5.41, 5.74) is 0.244. The predicted octanol–water partition coefficient (Wildman–Crippen LogP) is 4.61. The first-order chi connectivity index (χ1) is 31.0. The molecule has 2 saturated heterocycles. The monoisotopic (exact) mass is 963 g/mol. The number of rotatable bonds is 17. The van der Waals surface area contributed by atoms with Gasteiger partial charge in [0.25, 0.3) is 9.70 Å². The molecule has 0 spiro atoms. The van der Waals surface area contributed by atoms with Crippen molar-refractivity contribution in [2.45, 2.75) is 85.9 Å². The van der Waals surface area contributed by atoms with Crippen LogP contribution in [0.25, 0.3) is 0 Å². The molecule has 1 N–H and O–H groups in total. The van der Waals surface area contributed by atoms with Crippen LogP contribution < -0.4 is 5.32 Å². The highest BCUT2D eigenvalue weighted by Crippen LogP contribution is 2.36. The Hall–Kier alpha value is -5.60. The third kappa shape index (κ3) is 14.2. The quantitative estimate of drug-likeness (QED) is 0.0844. The fraction of sp³-hybridized carbons (Fsp3) is 0.386. The maximum absolute atomic E-state index is 14.0. The van der Waals surface area contributed by atoms with Gasteiger partial charge in [0, 0.05) is 20.8 Å². The van der Waals surface area contributed by atoms with Crippen molar-refractivity contribution in [3.05, 3.63) is 120 Å². The van der Waals surface area contributed by atoms with Gasteiger partial charge in [-0.2, -0.15) is 0 Å². The summed E-state index contributed by atoms with van der Waals surface area (Å²) in [6, 6.07) is 21.5. The second-order valence-corrected chi connectivity index (χ2v) is 16.5. The van der Waals surface area contributed by atoms with Gasteiger partial charge in [0.15, 0.2) is 37.0 Å². The van der Waals surface area contributed by atoms with Crippen molar-refractivity contribution in [1.29, 1.82) is 0 Å². The topological polar surface area (TPSA) is 224 Å². The van der Waals surface area contributed by atoms with Crippen molar-refractivity contribution >= 4 is 76.5 Å². The van der Waals surface area contributed by atoms with Crippen LogP contribution in [0.15, 0.2) is 104 Å². The normalized spacial score (nSPS) is 25.1. The molecule has 3 aromatic carbocycles. The van der Waals surface area contributed by atoms with E-state index >= 15 is 0 Å². The van der Waals surface area contributed by atoms with Crippen LogP contribution in [0.4, 0.5) is 0 Å². The molecule has 2 aliphatic heterocycles. The molecule has 0 aromatic heterocycles. The summed E-state index contributed by atoms with van der Waals surface area (Å²) in [5, 5.41) is 2.40. The van der Waals surface area contributed by atoms with Crippen LogP contribution in [0.5, 0.6) is 0 Å². The lowest BCUT2D eigenvalue weighted by atomic mass is 9.94. The number of hydrogen-bond acceptors (Lipinski definition) is 17. The zero-order valence-corrected chi connectivity index (χ0v) is 37.2. The van der Waals surface area contributed by atoms with Crippen LogP contribution in [0.3, 0.4) is 0 Å². The van der Waals surface area contributed by atoms with Crippen molar-refractivity contribution < 1.29 is 80.9 Å². The van der Waals surface area contributed by atoms with Gasteiger partial charge >= 0.3 is 35.8 Å². The second kappa shape index (κ2) is 23.5. The van der Waals surface area contributed by atoms with Gasteiger partial charge in [-0.1, -0.05) is 95.5 Å². The van der Waals surface area contributed by atoms with Gasteiger partial charge in [0.2, 0.25) is 0 Å². The molecule has 348 valence electrons. The summed E-state index contributed by atoms with van der Waals surface area (Å²) in [7, 11) is 0. The van der Waals surface area contributed by atoms with Crippen molar-refractivity contribution in [3.63, 3.8) is 0 Å². The average molecular weight is 965 g/mol. The summed E-state index contributed by atoms with van der Waals surface area (Å²) >= 11 is 18.0. The third-order valence-electron chi connectivity index (χ3n) is 9.41. The molecule has 2 heterocycles. The average Bonchev–Trinajstić information content (AvgIpc) is 3.27. The smallest absolute Gasteiger partial charge is 0.338 e. The predicted molar refractivity (Wildman–Crippen MR) is 226 cm³/mol. The largest absolute Gasteiger partial charge is 0.463 e. The highest BCUT2D eigenvalue weighted by molar-refractivity contribution is 6.76. The molecular weight excluding hydrogens is 921 g/mol. The van der Waals surface area contributed by atoms with E-state index in [0.717, 1.165) is 20.8 Å². The maximum Gasteiger partial charge on any atom is 0.338 e. The molecule has 0 radical (unpaired) electrons.